The van der Waals surface area contributed by atoms with Gasteiger partial charge in [0.25, 0.3) is 0 Å². The summed E-state index contributed by atoms with van der Waals surface area (Å²) in [4.78, 5) is 0. The van der Waals surface area contributed by atoms with Gasteiger partial charge in [0, 0.05) is 17.8 Å². The highest BCUT2D eigenvalue weighted by Gasteiger charge is 2.30. The molecule has 1 heteroatoms. The third kappa shape index (κ3) is 4.26. The Morgan fingerprint density at radius 3 is 2.64 bits per heavy atom. The average Bonchev–Trinajstić information content (AvgIpc) is 2.57. The Bertz CT molecular complexity index is 662. The first-order valence-corrected chi connectivity index (χ1v) is 10.1. The van der Waals surface area contributed by atoms with Crippen LogP contribution in [0, 0.1) is 11.8 Å². The minimum absolute atomic E-state index is 0.636. The largest absolute Gasteiger partial charge is 0.381 e. The Labute approximate surface area is 153 Å². The Balaban J connectivity index is 2.02. The van der Waals surface area contributed by atoms with Crippen molar-refractivity contribution >= 4 is 5.70 Å². The monoisotopic (exact) mass is 335 g/mol. The lowest BCUT2D eigenvalue weighted by Crippen LogP contribution is -2.29. The molecule has 1 nitrogen and oxygen atoms in total. The molecule has 1 aromatic carbocycles. The molecule has 1 N–H and O–H groups in total. The summed E-state index contributed by atoms with van der Waals surface area (Å²) in [5, 5.41) is 3.71. The quantitative estimate of drug-likeness (QED) is 0.629. The molecule has 2 aliphatic heterocycles. The third-order valence-electron chi connectivity index (χ3n) is 5.68. The van der Waals surface area contributed by atoms with Crippen LogP contribution in [-0.4, -0.2) is 6.54 Å². The highest BCUT2D eigenvalue weighted by Crippen LogP contribution is 2.42. The molecule has 2 unspecified atom stereocenters. The van der Waals surface area contributed by atoms with Gasteiger partial charge in [-0.3, -0.25) is 0 Å². The van der Waals surface area contributed by atoms with Gasteiger partial charge in [-0.05, 0) is 47.8 Å². The first-order valence-electron chi connectivity index (χ1n) is 10.1. The smallest absolute Gasteiger partial charge is 0.0419 e. The number of fused-ring (bicyclic) bond motifs is 5. The Kier molecular flexibility index (Phi) is 6.18. The second-order valence-corrected chi connectivity index (χ2v) is 7.97. The predicted octanol–water partition coefficient (Wildman–Crippen LogP) is 6.45. The summed E-state index contributed by atoms with van der Waals surface area (Å²) >= 11 is 0. The number of nitrogens with one attached hydrogen (secondary N) is 1. The van der Waals surface area contributed by atoms with Gasteiger partial charge in [-0.1, -0.05) is 82.5 Å². The minimum Gasteiger partial charge on any atom is -0.381 e. The molecule has 0 radical (unpaired) electrons. The van der Waals surface area contributed by atoms with Crippen LogP contribution < -0.4 is 5.32 Å². The Morgan fingerprint density at radius 1 is 1.04 bits per heavy atom. The highest BCUT2D eigenvalue weighted by molar-refractivity contribution is 5.70. The van der Waals surface area contributed by atoms with Crippen molar-refractivity contribution in [2.75, 3.05) is 6.54 Å². The van der Waals surface area contributed by atoms with E-state index in [1.165, 1.54) is 43.4 Å². The van der Waals surface area contributed by atoms with Crippen molar-refractivity contribution in [3.8, 4) is 0 Å². The molecule has 0 fully saturated rings. The van der Waals surface area contributed by atoms with E-state index in [4.69, 9.17) is 0 Å². The standard InChI is InChI=1S/C24H33N/c1-4-10-21-20(15-9-11-18(2)3)19-12-5-8-16-24(25-17-19)23-14-7-6-13-22(21)23/h5-8,12-14,16,18,20-21,25H,4,9-11,15,17H2,1-3H3/b8-5-,19-12+,24-16-. The maximum absolute atomic E-state index is 3.71. The molecule has 2 heterocycles. The van der Waals surface area contributed by atoms with Crippen molar-refractivity contribution in [3.05, 3.63) is 65.3 Å². The van der Waals surface area contributed by atoms with Crippen LogP contribution in [0.25, 0.3) is 5.70 Å². The summed E-state index contributed by atoms with van der Waals surface area (Å²) in [5.74, 6) is 2.08. The van der Waals surface area contributed by atoms with E-state index in [2.05, 4.69) is 74.7 Å². The number of rotatable bonds is 6. The van der Waals surface area contributed by atoms with Gasteiger partial charge >= 0.3 is 0 Å². The summed E-state index contributed by atoms with van der Waals surface area (Å²) in [6.45, 7) is 7.99. The van der Waals surface area contributed by atoms with Gasteiger partial charge < -0.3 is 5.32 Å². The zero-order valence-electron chi connectivity index (χ0n) is 16.1. The van der Waals surface area contributed by atoms with Crippen LogP contribution in [0.1, 0.15) is 69.9 Å². The van der Waals surface area contributed by atoms with Crippen LogP contribution in [0.5, 0.6) is 0 Å². The van der Waals surface area contributed by atoms with Crippen molar-refractivity contribution in [2.24, 2.45) is 11.8 Å². The van der Waals surface area contributed by atoms with Crippen molar-refractivity contribution in [3.63, 3.8) is 0 Å². The number of hydrogen-bond donors (Lipinski definition) is 1. The molecule has 3 rings (SSSR count). The SMILES string of the molecule is CCCC1c2ccccc2/C2=C/C=C\C=C(/CN2)C1CCCC(C)C. The zero-order chi connectivity index (χ0) is 17.6. The number of allylic oxidation sites excluding steroid dienone is 4. The topological polar surface area (TPSA) is 12.0 Å². The first-order chi connectivity index (χ1) is 12.2. The second-order valence-electron chi connectivity index (χ2n) is 7.97. The molecular weight excluding hydrogens is 302 g/mol. The third-order valence-corrected chi connectivity index (χ3v) is 5.68. The molecule has 2 atom stereocenters. The molecule has 0 aliphatic carbocycles. The molecule has 0 aromatic heterocycles. The van der Waals surface area contributed by atoms with E-state index in [0.29, 0.717) is 11.8 Å². The van der Waals surface area contributed by atoms with Crippen molar-refractivity contribution in [2.45, 2.75) is 58.8 Å². The zero-order valence-corrected chi connectivity index (χ0v) is 16.1. The summed E-state index contributed by atoms with van der Waals surface area (Å²) < 4.78 is 0. The van der Waals surface area contributed by atoms with Crippen LogP contribution >= 0.6 is 0 Å². The van der Waals surface area contributed by atoms with Crippen LogP contribution in [0.2, 0.25) is 0 Å². The summed E-state index contributed by atoms with van der Waals surface area (Å²) in [5.41, 5.74) is 5.80. The predicted molar refractivity (Wildman–Crippen MR) is 109 cm³/mol. The van der Waals surface area contributed by atoms with E-state index in [9.17, 15) is 0 Å². The summed E-state index contributed by atoms with van der Waals surface area (Å²) in [6, 6.07) is 9.07. The van der Waals surface area contributed by atoms with Crippen LogP contribution in [0.3, 0.4) is 0 Å². The molecular formula is C24H33N. The van der Waals surface area contributed by atoms with Crippen LogP contribution in [0.4, 0.5) is 0 Å². The molecule has 0 spiro atoms. The Hall–Kier alpha value is -1.76. The van der Waals surface area contributed by atoms with Gasteiger partial charge in [0.05, 0.1) is 0 Å². The van der Waals surface area contributed by atoms with E-state index in [-0.39, 0.29) is 0 Å². The van der Waals surface area contributed by atoms with Gasteiger partial charge in [-0.2, -0.15) is 0 Å². The van der Waals surface area contributed by atoms with Gasteiger partial charge in [0.1, 0.15) is 0 Å². The molecule has 1 aromatic rings. The molecule has 0 amide bonds. The van der Waals surface area contributed by atoms with E-state index in [1.54, 1.807) is 11.1 Å². The van der Waals surface area contributed by atoms with Gasteiger partial charge in [0.2, 0.25) is 0 Å². The van der Waals surface area contributed by atoms with Crippen molar-refractivity contribution in [1.29, 1.82) is 0 Å². The fourth-order valence-electron chi connectivity index (χ4n) is 4.43. The van der Waals surface area contributed by atoms with Crippen molar-refractivity contribution < 1.29 is 0 Å². The number of benzene rings is 1. The van der Waals surface area contributed by atoms with Gasteiger partial charge in [0.15, 0.2) is 0 Å². The average molecular weight is 336 g/mol. The fourth-order valence-corrected chi connectivity index (χ4v) is 4.43. The van der Waals surface area contributed by atoms with E-state index in [0.717, 1.165) is 12.5 Å². The fraction of sp³-hybridized carbons (Fsp3) is 0.500. The maximum Gasteiger partial charge on any atom is 0.0419 e. The second kappa shape index (κ2) is 8.56. The first kappa shape index (κ1) is 18.0. The van der Waals surface area contributed by atoms with Gasteiger partial charge in [-0.25, -0.2) is 0 Å². The molecule has 25 heavy (non-hydrogen) atoms. The molecule has 2 aliphatic rings. The lowest BCUT2D eigenvalue weighted by atomic mass is 9.73. The summed E-state index contributed by atoms with van der Waals surface area (Å²) in [6.07, 6.45) is 15.5. The lowest BCUT2D eigenvalue weighted by Gasteiger charge is -2.35. The van der Waals surface area contributed by atoms with Crippen molar-refractivity contribution in [1.82, 2.24) is 5.32 Å². The van der Waals surface area contributed by atoms with Gasteiger partial charge in [-0.15, -0.1) is 0 Å². The van der Waals surface area contributed by atoms with E-state index < -0.39 is 0 Å². The number of hydrogen-bond acceptors (Lipinski definition) is 1. The van der Waals surface area contributed by atoms with E-state index in [1.807, 2.05) is 0 Å². The van der Waals surface area contributed by atoms with Crippen LogP contribution in [-0.2, 0) is 0 Å². The maximum atomic E-state index is 3.71. The normalized spacial score (nSPS) is 27.7. The summed E-state index contributed by atoms with van der Waals surface area (Å²) in [7, 11) is 0. The van der Waals surface area contributed by atoms with E-state index >= 15 is 0 Å². The Morgan fingerprint density at radius 2 is 1.84 bits per heavy atom. The minimum atomic E-state index is 0.636. The highest BCUT2D eigenvalue weighted by atomic mass is 14.9. The molecule has 0 saturated carbocycles. The van der Waals surface area contributed by atoms with Crippen LogP contribution in [0.15, 0.2) is 54.1 Å². The molecule has 134 valence electrons. The molecule has 0 saturated heterocycles. The lowest BCUT2D eigenvalue weighted by molar-refractivity contribution is 0.387. The molecule has 2 bridgehead atoms.